The van der Waals surface area contributed by atoms with Crippen LogP contribution in [0, 0.1) is 0 Å². The number of nitrogens with one attached hydrogen (secondary N) is 1. The largest absolute Gasteiger partial charge is 0.497 e. The minimum Gasteiger partial charge on any atom is -0.497 e. The van der Waals surface area contributed by atoms with Crippen molar-refractivity contribution in [2.45, 2.75) is 12.5 Å². The van der Waals surface area contributed by atoms with Crippen LogP contribution in [0.1, 0.15) is 16.1 Å². The molecular formula is C28H24N2O4. The minimum atomic E-state index is -1.10. The van der Waals surface area contributed by atoms with E-state index in [1.807, 2.05) is 78.9 Å². The van der Waals surface area contributed by atoms with Gasteiger partial charge in [-0.1, -0.05) is 60.7 Å². The van der Waals surface area contributed by atoms with Crippen molar-refractivity contribution in [3.05, 3.63) is 108 Å². The van der Waals surface area contributed by atoms with Gasteiger partial charge >= 0.3 is 5.97 Å². The van der Waals surface area contributed by atoms with Crippen LogP contribution >= 0.6 is 0 Å². The van der Waals surface area contributed by atoms with E-state index in [2.05, 4.69) is 10.3 Å². The van der Waals surface area contributed by atoms with Gasteiger partial charge in [-0.2, -0.15) is 0 Å². The van der Waals surface area contributed by atoms with E-state index < -0.39 is 17.9 Å². The molecule has 0 aliphatic rings. The lowest BCUT2D eigenvalue weighted by Crippen LogP contribution is -2.42. The number of benzene rings is 3. The Labute approximate surface area is 197 Å². The van der Waals surface area contributed by atoms with Gasteiger partial charge in [-0.3, -0.25) is 4.79 Å². The maximum absolute atomic E-state index is 12.8. The van der Waals surface area contributed by atoms with Crippen molar-refractivity contribution in [1.82, 2.24) is 10.3 Å². The van der Waals surface area contributed by atoms with Gasteiger partial charge in [0.05, 0.1) is 12.8 Å². The molecule has 6 heteroatoms. The monoisotopic (exact) mass is 452 g/mol. The number of amides is 1. The number of ether oxygens (including phenoxy) is 1. The van der Waals surface area contributed by atoms with Crippen molar-refractivity contribution in [3.63, 3.8) is 0 Å². The molecule has 0 radical (unpaired) electrons. The summed E-state index contributed by atoms with van der Waals surface area (Å²) in [5, 5.41) is 12.3. The molecule has 1 amide bonds. The van der Waals surface area contributed by atoms with Gasteiger partial charge in [0.25, 0.3) is 5.91 Å². The van der Waals surface area contributed by atoms with Crippen molar-refractivity contribution in [3.8, 4) is 28.1 Å². The molecule has 0 saturated carbocycles. The second kappa shape index (κ2) is 10.4. The minimum absolute atomic E-state index is 0.152. The fourth-order valence-electron chi connectivity index (χ4n) is 3.62. The molecule has 0 saturated heterocycles. The second-order valence-electron chi connectivity index (χ2n) is 7.77. The Morgan fingerprint density at radius 1 is 0.824 bits per heavy atom. The van der Waals surface area contributed by atoms with Crippen molar-refractivity contribution >= 4 is 11.9 Å². The van der Waals surface area contributed by atoms with E-state index in [-0.39, 0.29) is 12.1 Å². The van der Waals surface area contributed by atoms with E-state index in [1.54, 1.807) is 25.3 Å². The third-order valence-electron chi connectivity index (χ3n) is 5.47. The van der Waals surface area contributed by atoms with Crippen LogP contribution in [0.5, 0.6) is 5.75 Å². The molecule has 1 heterocycles. The third-order valence-corrected chi connectivity index (χ3v) is 5.47. The molecule has 0 aliphatic heterocycles. The maximum Gasteiger partial charge on any atom is 0.326 e. The maximum atomic E-state index is 12.8. The standard InChI is InChI=1S/C28H24N2O4/c1-34-23-16-14-22(15-17-23)24-8-5-9-25(29-24)27(31)30-26(28(32)33)18-19-10-12-21(13-11-19)20-6-3-2-4-7-20/h2-17,26H,18H2,1H3,(H,30,31)(H,32,33). The van der Waals surface area contributed by atoms with Crippen molar-refractivity contribution in [2.24, 2.45) is 0 Å². The van der Waals surface area contributed by atoms with E-state index in [4.69, 9.17) is 4.74 Å². The first-order chi connectivity index (χ1) is 16.5. The van der Waals surface area contributed by atoms with Gasteiger partial charge in [0.2, 0.25) is 0 Å². The molecule has 1 atom stereocenters. The first-order valence-electron chi connectivity index (χ1n) is 10.8. The van der Waals surface area contributed by atoms with Gasteiger partial charge in [-0.15, -0.1) is 0 Å². The summed E-state index contributed by atoms with van der Waals surface area (Å²) in [6, 6.07) is 28.9. The number of aliphatic carboxylic acids is 1. The van der Waals surface area contributed by atoms with Crippen LogP contribution in [0.25, 0.3) is 22.4 Å². The highest BCUT2D eigenvalue weighted by Gasteiger charge is 2.22. The van der Waals surface area contributed by atoms with Crippen LogP contribution in [-0.2, 0) is 11.2 Å². The first kappa shape index (κ1) is 22.7. The number of carbonyl (C=O) groups is 2. The van der Waals surface area contributed by atoms with Gasteiger partial charge in [0.1, 0.15) is 17.5 Å². The molecule has 6 nitrogen and oxygen atoms in total. The topological polar surface area (TPSA) is 88.5 Å². The predicted molar refractivity (Wildman–Crippen MR) is 131 cm³/mol. The van der Waals surface area contributed by atoms with Crippen molar-refractivity contribution < 1.29 is 19.4 Å². The summed E-state index contributed by atoms with van der Waals surface area (Å²) >= 11 is 0. The van der Waals surface area contributed by atoms with E-state index in [0.717, 1.165) is 28.0 Å². The highest BCUT2D eigenvalue weighted by molar-refractivity contribution is 5.95. The summed E-state index contributed by atoms with van der Waals surface area (Å²) in [6.07, 6.45) is 0.161. The van der Waals surface area contributed by atoms with Crippen LogP contribution in [0.2, 0.25) is 0 Å². The average molecular weight is 453 g/mol. The van der Waals surface area contributed by atoms with E-state index in [9.17, 15) is 14.7 Å². The molecule has 0 fully saturated rings. The number of hydrogen-bond donors (Lipinski definition) is 2. The summed E-state index contributed by atoms with van der Waals surface area (Å²) in [5.41, 5.74) is 4.52. The summed E-state index contributed by atoms with van der Waals surface area (Å²) in [4.78, 5) is 29.1. The highest BCUT2D eigenvalue weighted by atomic mass is 16.5. The number of carboxylic acid groups (broad SMARTS) is 1. The molecule has 34 heavy (non-hydrogen) atoms. The molecule has 0 spiro atoms. The first-order valence-corrected chi connectivity index (χ1v) is 10.8. The van der Waals surface area contributed by atoms with Crippen LogP contribution in [0.4, 0.5) is 0 Å². The fraction of sp³-hybridized carbons (Fsp3) is 0.107. The summed E-state index contributed by atoms with van der Waals surface area (Å²) in [5.74, 6) is -0.922. The summed E-state index contributed by atoms with van der Waals surface area (Å²) in [6.45, 7) is 0. The Balaban J connectivity index is 1.46. The number of aromatic nitrogens is 1. The van der Waals surface area contributed by atoms with Crippen LogP contribution in [0.3, 0.4) is 0 Å². The Kier molecular flexibility index (Phi) is 6.98. The van der Waals surface area contributed by atoms with E-state index in [0.29, 0.717) is 5.69 Å². The molecule has 0 aliphatic carbocycles. The Morgan fingerprint density at radius 2 is 1.47 bits per heavy atom. The summed E-state index contributed by atoms with van der Waals surface area (Å²) < 4.78 is 5.17. The fourth-order valence-corrected chi connectivity index (χ4v) is 3.62. The van der Waals surface area contributed by atoms with E-state index >= 15 is 0 Å². The summed E-state index contributed by atoms with van der Waals surface area (Å²) in [7, 11) is 1.59. The zero-order chi connectivity index (χ0) is 23.9. The SMILES string of the molecule is COc1ccc(-c2cccc(C(=O)NC(Cc3ccc(-c4ccccc4)cc3)C(=O)O)n2)cc1. The zero-order valence-corrected chi connectivity index (χ0v) is 18.6. The van der Waals surface area contributed by atoms with Crippen LogP contribution < -0.4 is 10.1 Å². The van der Waals surface area contributed by atoms with Gasteiger partial charge in [-0.05, 0) is 53.1 Å². The molecule has 170 valence electrons. The molecular weight excluding hydrogens is 428 g/mol. The van der Waals surface area contributed by atoms with Crippen molar-refractivity contribution in [2.75, 3.05) is 7.11 Å². The third kappa shape index (κ3) is 5.48. The van der Waals surface area contributed by atoms with Crippen molar-refractivity contribution in [1.29, 1.82) is 0 Å². The lowest BCUT2D eigenvalue weighted by Gasteiger charge is -2.15. The lowest BCUT2D eigenvalue weighted by molar-refractivity contribution is -0.139. The number of hydrogen-bond acceptors (Lipinski definition) is 4. The van der Waals surface area contributed by atoms with E-state index in [1.165, 1.54) is 0 Å². The van der Waals surface area contributed by atoms with Gasteiger partial charge < -0.3 is 15.2 Å². The molecule has 1 aromatic heterocycles. The number of methoxy groups -OCH3 is 1. The Bertz CT molecular complexity index is 1270. The zero-order valence-electron chi connectivity index (χ0n) is 18.6. The quantitative estimate of drug-likeness (QED) is 0.399. The molecule has 1 unspecified atom stereocenters. The number of nitrogens with zero attached hydrogens (tertiary/aromatic N) is 1. The molecule has 0 bridgehead atoms. The van der Waals surface area contributed by atoms with Crippen LogP contribution in [-0.4, -0.2) is 35.1 Å². The Morgan fingerprint density at radius 3 is 2.12 bits per heavy atom. The second-order valence-corrected chi connectivity index (χ2v) is 7.77. The normalized spacial score (nSPS) is 11.4. The number of pyridine rings is 1. The highest BCUT2D eigenvalue weighted by Crippen LogP contribution is 2.22. The van der Waals surface area contributed by atoms with Gasteiger partial charge in [0.15, 0.2) is 0 Å². The number of carbonyl (C=O) groups excluding carboxylic acids is 1. The molecule has 3 aromatic carbocycles. The molecule has 4 rings (SSSR count). The number of carboxylic acids is 1. The van der Waals surface area contributed by atoms with Gasteiger partial charge in [0, 0.05) is 12.0 Å². The average Bonchev–Trinajstić information content (AvgIpc) is 2.89. The van der Waals surface area contributed by atoms with Gasteiger partial charge in [-0.25, -0.2) is 9.78 Å². The Hall–Kier alpha value is -4.45. The molecule has 4 aromatic rings. The smallest absolute Gasteiger partial charge is 0.326 e. The molecule has 2 N–H and O–H groups in total. The lowest BCUT2D eigenvalue weighted by atomic mass is 10.0. The predicted octanol–water partition coefficient (Wildman–Crippen LogP) is 4.85. The van der Waals surface area contributed by atoms with Crippen LogP contribution in [0.15, 0.2) is 97.1 Å². The number of rotatable bonds is 8.